The Kier molecular flexibility index (Phi) is 3.75. The SMILES string of the molecule is COC(=O)c1ccc(Cn2ccc3cc(Br)ccc32)nc1. The van der Waals surface area contributed by atoms with Gasteiger partial charge in [0.25, 0.3) is 0 Å². The number of carbonyl (C=O) groups is 1. The predicted octanol–water partition coefficient (Wildman–Crippen LogP) is 3.63. The van der Waals surface area contributed by atoms with Crippen molar-refractivity contribution >= 4 is 32.8 Å². The largest absolute Gasteiger partial charge is 0.465 e. The lowest BCUT2D eigenvalue weighted by molar-refractivity contribution is 0.0600. The number of nitrogens with zero attached hydrogens (tertiary/aromatic N) is 2. The lowest BCUT2D eigenvalue weighted by atomic mass is 10.2. The smallest absolute Gasteiger partial charge is 0.339 e. The molecule has 0 atom stereocenters. The van der Waals surface area contributed by atoms with Gasteiger partial charge in [-0.25, -0.2) is 4.79 Å². The Bertz CT molecular complexity index is 794. The highest BCUT2D eigenvalue weighted by atomic mass is 79.9. The molecular weight excluding hydrogens is 332 g/mol. The quantitative estimate of drug-likeness (QED) is 0.681. The Balaban J connectivity index is 1.86. The fourth-order valence-corrected chi connectivity index (χ4v) is 2.62. The summed E-state index contributed by atoms with van der Waals surface area (Å²) in [6.07, 6.45) is 3.58. The second-order valence-corrected chi connectivity index (χ2v) is 5.59. The molecule has 3 rings (SSSR count). The van der Waals surface area contributed by atoms with E-state index in [0.717, 1.165) is 15.7 Å². The van der Waals surface area contributed by atoms with E-state index < -0.39 is 0 Å². The van der Waals surface area contributed by atoms with Gasteiger partial charge in [0.2, 0.25) is 0 Å². The molecule has 106 valence electrons. The molecule has 0 spiro atoms. The molecule has 0 radical (unpaired) electrons. The van der Waals surface area contributed by atoms with Gasteiger partial charge in [-0.05, 0) is 36.4 Å². The summed E-state index contributed by atoms with van der Waals surface area (Å²) in [5, 5.41) is 1.18. The number of methoxy groups -OCH3 is 1. The Morgan fingerprint density at radius 1 is 1.29 bits per heavy atom. The summed E-state index contributed by atoms with van der Waals surface area (Å²) < 4.78 is 7.85. The Morgan fingerprint density at radius 3 is 2.86 bits per heavy atom. The molecular formula is C16H13BrN2O2. The summed E-state index contributed by atoms with van der Waals surface area (Å²) in [5.41, 5.74) is 2.50. The Labute approximate surface area is 130 Å². The van der Waals surface area contributed by atoms with Crippen LogP contribution >= 0.6 is 15.9 Å². The first kappa shape index (κ1) is 13.8. The van der Waals surface area contributed by atoms with Crippen molar-refractivity contribution in [2.45, 2.75) is 6.54 Å². The van der Waals surface area contributed by atoms with E-state index in [1.54, 1.807) is 12.3 Å². The summed E-state index contributed by atoms with van der Waals surface area (Å²) in [5.74, 6) is -0.370. The number of aromatic nitrogens is 2. The first-order valence-electron chi connectivity index (χ1n) is 6.45. The van der Waals surface area contributed by atoms with Crippen molar-refractivity contribution in [3.63, 3.8) is 0 Å². The average Bonchev–Trinajstić information content (AvgIpc) is 2.89. The second-order valence-electron chi connectivity index (χ2n) is 4.68. The van der Waals surface area contributed by atoms with Gasteiger partial charge in [-0.1, -0.05) is 15.9 Å². The maximum atomic E-state index is 11.4. The van der Waals surface area contributed by atoms with E-state index in [4.69, 9.17) is 0 Å². The molecule has 0 N–H and O–H groups in total. The van der Waals surface area contributed by atoms with Crippen LogP contribution in [0.3, 0.4) is 0 Å². The van der Waals surface area contributed by atoms with Crippen LogP contribution in [-0.2, 0) is 11.3 Å². The van der Waals surface area contributed by atoms with Gasteiger partial charge in [0.1, 0.15) is 0 Å². The van der Waals surface area contributed by atoms with Gasteiger partial charge in [-0.3, -0.25) is 4.98 Å². The lowest BCUT2D eigenvalue weighted by Gasteiger charge is -2.06. The standard InChI is InChI=1S/C16H13BrN2O2/c1-21-16(20)12-2-4-14(18-9-12)10-19-7-6-11-8-13(17)3-5-15(11)19/h2-9H,10H2,1H3. The summed E-state index contributed by atoms with van der Waals surface area (Å²) in [6, 6.07) is 11.8. The number of hydrogen-bond donors (Lipinski definition) is 0. The number of hydrogen-bond acceptors (Lipinski definition) is 3. The van der Waals surface area contributed by atoms with Crippen molar-refractivity contribution in [3.05, 3.63) is 64.5 Å². The fourth-order valence-electron chi connectivity index (χ4n) is 2.24. The first-order chi connectivity index (χ1) is 10.2. The Hall–Kier alpha value is -2.14. The van der Waals surface area contributed by atoms with E-state index in [-0.39, 0.29) is 5.97 Å². The maximum absolute atomic E-state index is 11.4. The van der Waals surface area contributed by atoms with Crippen molar-refractivity contribution in [2.75, 3.05) is 7.11 Å². The van der Waals surface area contributed by atoms with Gasteiger partial charge < -0.3 is 9.30 Å². The molecule has 0 saturated heterocycles. The minimum atomic E-state index is -0.370. The fraction of sp³-hybridized carbons (Fsp3) is 0.125. The van der Waals surface area contributed by atoms with E-state index in [9.17, 15) is 4.79 Å². The number of rotatable bonds is 3. The van der Waals surface area contributed by atoms with Crippen LogP contribution in [0, 0.1) is 0 Å². The molecule has 0 fully saturated rings. The Morgan fingerprint density at radius 2 is 2.14 bits per heavy atom. The summed E-state index contributed by atoms with van der Waals surface area (Å²) in [7, 11) is 1.36. The molecule has 0 aliphatic rings. The molecule has 5 heteroatoms. The number of ether oxygens (including phenoxy) is 1. The van der Waals surface area contributed by atoms with Crippen LogP contribution in [0.25, 0.3) is 10.9 Å². The van der Waals surface area contributed by atoms with Crippen LogP contribution in [0.4, 0.5) is 0 Å². The molecule has 21 heavy (non-hydrogen) atoms. The molecule has 0 aliphatic carbocycles. The zero-order valence-electron chi connectivity index (χ0n) is 11.4. The predicted molar refractivity (Wildman–Crippen MR) is 84.3 cm³/mol. The third kappa shape index (κ3) is 2.83. The molecule has 2 heterocycles. The summed E-state index contributed by atoms with van der Waals surface area (Å²) in [4.78, 5) is 15.7. The van der Waals surface area contributed by atoms with Gasteiger partial charge in [0.15, 0.2) is 0 Å². The van der Waals surface area contributed by atoms with Gasteiger partial charge in [0, 0.05) is 27.8 Å². The van der Waals surface area contributed by atoms with E-state index in [1.165, 1.54) is 12.5 Å². The van der Waals surface area contributed by atoms with Crippen molar-refractivity contribution in [3.8, 4) is 0 Å². The molecule has 4 nitrogen and oxygen atoms in total. The molecule has 0 bridgehead atoms. The van der Waals surface area contributed by atoms with E-state index in [0.29, 0.717) is 12.1 Å². The minimum Gasteiger partial charge on any atom is -0.465 e. The molecule has 0 amide bonds. The molecule has 0 unspecified atom stereocenters. The highest BCUT2D eigenvalue weighted by Crippen LogP contribution is 2.21. The van der Waals surface area contributed by atoms with Gasteiger partial charge >= 0.3 is 5.97 Å². The number of pyridine rings is 1. The van der Waals surface area contributed by atoms with Crippen LogP contribution in [0.2, 0.25) is 0 Å². The van der Waals surface area contributed by atoms with Crippen LogP contribution in [0.15, 0.2) is 53.3 Å². The minimum absolute atomic E-state index is 0.370. The number of carbonyl (C=O) groups excluding carboxylic acids is 1. The van der Waals surface area contributed by atoms with E-state index in [1.807, 2.05) is 18.3 Å². The van der Waals surface area contributed by atoms with Gasteiger partial charge in [-0.2, -0.15) is 0 Å². The van der Waals surface area contributed by atoms with Crippen molar-refractivity contribution in [1.29, 1.82) is 0 Å². The highest BCUT2D eigenvalue weighted by Gasteiger charge is 2.07. The number of fused-ring (bicyclic) bond motifs is 1. The molecule has 0 aliphatic heterocycles. The first-order valence-corrected chi connectivity index (χ1v) is 7.24. The number of esters is 1. The maximum Gasteiger partial charge on any atom is 0.339 e. The third-order valence-electron chi connectivity index (χ3n) is 3.31. The van der Waals surface area contributed by atoms with E-state index in [2.05, 4.69) is 48.4 Å². The topological polar surface area (TPSA) is 44.1 Å². The number of benzene rings is 1. The summed E-state index contributed by atoms with van der Waals surface area (Å²) >= 11 is 3.47. The third-order valence-corrected chi connectivity index (χ3v) is 3.80. The van der Waals surface area contributed by atoms with Crippen LogP contribution in [-0.4, -0.2) is 22.6 Å². The van der Waals surface area contributed by atoms with Crippen molar-refractivity contribution in [2.24, 2.45) is 0 Å². The normalized spacial score (nSPS) is 10.8. The van der Waals surface area contributed by atoms with Crippen LogP contribution in [0.1, 0.15) is 16.1 Å². The zero-order chi connectivity index (χ0) is 14.8. The molecule has 1 aromatic carbocycles. The highest BCUT2D eigenvalue weighted by molar-refractivity contribution is 9.10. The lowest BCUT2D eigenvalue weighted by Crippen LogP contribution is -2.04. The van der Waals surface area contributed by atoms with Gasteiger partial charge in [-0.15, -0.1) is 0 Å². The molecule has 3 aromatic rings. The monoisotopic (exact) mass is 344 g/mol. The molecule has 2 aromatic heterocycles. The van der Waals surface area contributed by atoms with E-state index >= 15 is 0 Å². The average molecular weight is 345 g/mol. The second kappa shape index (κ2) is 5.69. The van der Waals surface area contributed by atoms with Crippen LogP contribution in [0.5, 0.6) is 0 Å². The van der Waals surface area contributed by atoms with Gasteiger partial charge in [0.05, 0.1) is 24.9 Å². The molecule has 0 saturated carbocycles. The summed E-state index contributed by atoms with van der Waals surface area (Å²) in [6.45, 7) is 0.659. The van der Waals surface area contributed by atoms with Crippen LogP contribution < -0.4 is 0 Å². The van der Waals surface area contributed by atoms with Crippen molar-refractivity contribution in [1.82, 2.24) is 9.55 Å². The number of halogens is 1. The van der Waals surface area contributed by atoms with Crippen molar-refractivity contribution < 1.29 is 9.53 Å². The zero-order valence-corrected chi connectivity index (χ0v) is 13.0.